The van der Waals surface area contributed by atoms with Crippen LogP contribution in [0.15, 0.2) is 54.9 Å². The van der Waals surface area contributed by atoms with Gasteiger partial charge in [-0.1, -0.05) is 29.8 Å². The maximum Gasteiger partial charge on any atom is 0.263 e. The Morgan fingerprint density at radius 1 is 1.17 bits per heavy atom. The molecule has 8 heteroatoms. The van der Waals surface area contributed by atoms with Gasteiger partial charge in [-0.15, -0.1) is 11.3 Å². The number of thiophene rings is 1. The number of hydrogen-bond acceptors (Lipinski definition) is 5. The highest BCUT2D eigenvalue weighted by Gasteiger charge is 2.25. The minimum atomic E-state index is -0.525. The quantitative estimate of drug-likeness (QED) is 0.465. The number of carbonyl (C=O) groups excluding carboxylic acids is 1. The van der Waals surface area contributed by atoms with Crippen molar-refractivity contribution in [1.82, 2.24) is 14.9 Å². The number of carbonyl (C=O) groups is 1. The molecule has 4 rings (SSSR count). The Hall–Kier alpha value is -3.03. The smallest absolute Gasteiger partial charge is 0.263 e. The number of nitrogens with one attached hydrogen (secondary N) is 1. The van der Waals surface area contributed by atoms with Crippen molar-refractivity contribution in [3.63, 3.8) is 0 Å². The van der Waals surface area contributed by atoms with Crippen LogP contribution in [0.4, 0.5) is 0 Å². The predicted molar refractivity (Wildman–Crippen MR) is 119 cm³/mol. The van der Waals surface area contributed by atoms with Gasteiger partial charge in [0.1, 0.15) is 28.2 Å². The molecular formula is C22H20ClN3O3S. The van der Waals surface area contributed by atoms with Gasteiger partial charge in [0.25, 0.3) is 5.91 Å². The van der Waals surface area contributed by atoms with Crippen LogP contribution in [0, 0.1) is 0 Å². The van der Waals surface area contributed by atoms with Crippen LogP contribution >= 0.6 is 22.9 Å². The zero-order valence-electron chi connectivity index (χ0n) is 16.7. The van der Waals surface area contributed by atoms with Crippen LogP contribution in [0.1, 0.15) is 27.1 Å². The third-order valence-corrected chi connectivity index (χ3v) is 6.51. The highest BCUT2D eigenvalue weighted by atomic mass is 35.5. The molecule has 2 heterocycles. The van der Waals surface area contributed by atoms with Gasteiger partial charge in [-0.05, 0) is 23.8 Å². The molecule has 2 aromatic heterocycles. The fraction of sp³-hybridized carbons (Fsp3) is 0.182. The number of hydrogen-bond donors (Lipinski definition) is 1. The van der Waals surface area contributed by atoms with Gasteiger partial charge in [0.2, 0.25) is 0 Å². The number of fused-ring (bicyclic) bond motifs is 1. The van der Waals surface area contributed by atoms with E-state index in [0.29, 0.717) is 27.2 Å². The van der Waals surface area contributed by atoms with Crippen molar-refractivity contribution in [2.75, 3.05) is 14.2 Å². The molecule has 0 spiro atoms. The Bertz CT molecular complexity index is 1200. The molecular weight excluding hydrogens is 422 g/mol. The van der Waals surface area contributed by atoms with Crippen LogP contribution in [0.25, 0.3) is 10.1 Å². The molecule has 4 aromatic rings. The van der Waals surface area contributed by atoms with Crippen LogP contribution in [-0.4, -0.2) is 29.7 Å². The SMILES string of the molecule is COc1cc(OC)cc(C(NC(=O)c2sc3ccccc3c2Cl)c2nccn2C)c1. The van der Waals surface area contributed by atoms with Gasteiger partial charge in [-0.2, -0.15) is 0 Å². The van der Waals surface area contributed by atoms with Crippen LogP contribution in [0.5, 0.6) is 11.5 Å². The summed E-state index contributed by atoms with van der Waals surface area (Å²) in [7, 11) is 5.05. The lowest BCUT2D eigenvalue weighted by molar-refractivity contribution is 0.0945. The lowest BCUT2D eigenvalue weighted by Crippen LogP contribution is -2.30. The van der Waals surface area contributed by atoms with Gasteiger partial charge in [0.15, 0.2) is 0 Å². The second-order valence-corrected chi connectivity index (χ2v) is 8.12. The number of methoxy groups -OCH3 is 2. The fourth-order valence-electron chi connectivity index (χ4n) is 3.31. The normalized spacial score (nSPS) is 12.0. The molecule has 2 aromatic carbocycles. The Morgan fingerprint density at radius 3 is 2.47 bits per heavy atom. The maximum atomic E-state index is 13.2. The van der Waals surface area contributed by atoms with E-state index in [4.69, 9.17) is 21.1 Å². The van der Waals surface area contributed by atoms with E-state index in [2.05, 4.69) is 10.3 Å². The van der Waals surface area contributed by atoms with E-state index < -0.39 is 6.04 Å². The molecule has 0 bridgehead atoms. The Labute approximate surface area is 183 Å². The lowest BCUT2D eigenvalue weighted by atomic mass is 10.0. The standard InChI is InChI=1S/C22H20ClN3O3S/c1-26-9-8-24-21(26)19(13-10-14(28-2)12-15(11-13)29-3)25-22(27)20-18(23)16-6-4-5-7-17(16)30-20/h4-12,19H,1-3H3,(H,25,27). The highest BCUT2D eigenvalue weighted by Crippen LogP contribution is 2.36. The van der Waals surface area contributed by atoms with Gasteiger partial charge in [-0.3, -0.25) is 4.79 Å². The fourth-order valence-corrected chi connectivity index (χ4v) is 4.73. The first-order valence-corrected chi connectivity index (χ1v) is 10.4. The molecule has 0 aliphatic heterocycles. The molecule has 30 heavy (non-hydrogen) atoms. The largest absolute Gasteiger partial charge is 0.497 e. The molecule has 6 nitrogen and oxygen atoms in total. The number of benzene rings is 2. The van der Waals surface area contributed by atoms with E-state index in [0.717, 1.165) is 15.6 Å². The summed E-state index contributed by atoms with van der Waals surface area (Å²) in [5.74, 6) is 1.65. The minimum Gasteiger partial charge on any atom is -0.497 e. The lowest BCUT2D eigenvalue weighted by Gasteiger charge is -2.20. The summed E-state index contributed by atoms with van der Waals surface area (Å²) in [5, 5.41) is 4.41. The van der Waals surface area contributed by atoms with Crippen molar-refractivity contribution in [2.45, 2.75) is 6.04 Å². The molecule has 0 fully saturated rings. The number of rotatable bonds is 6. The summed E-state index contributed by atoms with van der Waals surface area (Å²) in [5.41, 5.74) is 0.783. The molecule has 1 N–H and O–H groups in total. The summed E-state index contributed by atoms with van der Waals surface area (Å²) >= 11 is 7.89. The van der Waals surface area contributed by atoms with Crippen molar-refractivity contribution < 1.29 is 14.3 Å². The summed E-state index contributed by atoms with van der Waals surface area (Å²) in [4.78, 5) is 18.2. The molecule has 1 unspecified atom stereocenters. The van der Waals surface area contributed by atoms with Crippen LogP contribution in [0.2, 0.25) is 5.02 Å². The number of nitrogens with zero attached hydrogens (tertiary/aromatic N) is 2. The predicted octanol–water partition coefficient (Wildman–Crippen LogP) is 4.82. The first-order valence-electron chi connectivity index (χ1n) is 9.20. The van der Waals surface area contributed by atoms with Gasteiger partial charge in [-0.25, -0.2) is 4.98 Å². The van der Waals surface area contributed by atoms with Crippen molar-refractivity contribution >= 4 is 38.9 Å². The summed E-state index contributed by atoms with van der Waals surface area (Å²) in [6.45, 7) is 0. The van der Waals surface area contributed by atoms with E-state index in [1.54, 1.807) is 26.5 Å². The van der Waals surface area contributed by atoms with Gasteiger partial charge < -0.3 is 19.4 Å². The number of aromatic nitrogens is 2. The summed E-state index contributed by atoms with van der Waals surface area (Å²) in [6.07, 6.45) is 3.52. The van der Waals surface area contributed by atoms with Crippen molar-refractivity contribution in [3.05, 3.63) is 76.1 Å². The van der Waals surface area contributed by atoms with E-state index in [-0.39, 0.29) is 5.91 Å². The third kappa shape index (κ3) is 3.74. The molecule has 1 amide bonds. The minimum absolute atomic E-state index is 0.268. The molecule has 1 atom stereocenters. The first-order chi connectivity index (χ1) is 14.5. The maximum absolute atomic E-state index is 13.2. The van der Waals surface area contributed by atoms with Crippen LogP contribution in [-0.2, 0) is 7.05 Å². The van der Waals surface area contributed by atoms with Gasteiger partial charge in [0, 0.05) is 35.6 Å². The highest BCUT2D eigenvalue weighted by molar-refractivity contribution is 7.21. The Morgan fingerprint density at radius 2 is 1.87 bits per heavy atom. The molecule has 0 aliphatic carbocycles. The van der Waals surface area contributed by atoms with Crippen molar-refractivity contribution in [1.29, 1.82) is 0 Å². The van der Waals surface area contributed by atoms with Gasteiger partial charge in [0.05, 0.1) is 19.2 Å². The monoisotopic (exact) mass is 441 g/mol. The second-order valence-electron chi connectivity index (χ2n) is 6.69. The van der Waals surface area contributed by atoms with E-state index >= 15 is 0 Å². The molecule has 0 radical (unpaired) electrons. The van der Waals surface area contributed by atoms with Crippen molar-refractivity contribution in [3.8, 4) is 11.5 Å². The zero-order valence-corrected chi connectivity index (χ0v) is 18.3. The average molecular weight is 442 g/mol. The molecule has 0 aliphatic rings. The van der Waals surface area contributed by atoms with Gasteiger partial charge >= 0.3 is 0 Å². The summed E-state index contributed by atoms with van der Waals surface area (Å²) in [6, 6.07) is 12.7. The van der Waals surface area contributed by atoms with Crippen LogP contribution < -0.4 is 14.8 Å². The number of halogens is 1. The first kappa shape index (κ1) is 20.3. The number of imidazole rings is 1. The topological polar surface area (TPSA) is 65.4 Å². The number of aryl methyl sites for hydroxylation is 1. The molecule has 154 valence electrons. The second kappa shape index (κ2) is 8.38. The van der Waals surface area contributed by atoms with E-state index in [1.807, 2.05) is 54.2 Å². The van der Waals surface area contributed by atoms with Crippen LogP contribution in [0.3, 0.4) is 0 Å². The molecule has 0 saturated carbocycles. The third-order valence-electron chi connectivity index (χ3n) is 4.84. The average Bonchev–Trinajstić information content (AvgIpc) is 3.34. The van der Waals surface area contributed by atoms with E-state index in [1.165, 1.54) is 11.3 Å². The molecule has 0 saturated heterocycles. The van der Waals surface area contributed by atoms with Crippen molar-refractivity contribution in [2.24, 2.45) is 7.05 Å². The Balaban J connectivity index is 1.77. The number of amides is 1. The Kier molecular flexibility index (Phi) is 5.65. The zero-order chi connectivity index (χ0) is 21.3. The van der Waals surface area contributed by atoms with E-state index in [9.17, 15) is 4.79 Å². The summed E-state index contributed by atoms with van der Waals surface area (Å²) < 4.78 is 13.6. The number of ether oxygens (including phenoxy) is 2.